The topological polar surface area (TPSA) is 113 Å². The van der Waals surface area contributed by atoms with Crippen LogP contribution in [0.5, 0.6) is 0 Å². The molecule has 0 aliphatic heterocycles. The number of ether oxygens (including phenoxy) is 2. The Bertz CT molecular complexity index is 296. The third-order valence-corrected chi connectivity index (χ3v) is 3.25. The van der Waals surface area contributed by atoms with E-state index in [9.17, 15) is 0 Å². The van der Waals surface area contributed by atoms with Gasteiger partial charge in [0.25, 0.3) is 0 Å². The SMILES string of the molecule is CCCCCCCCCCCCOCCOCCO.O=S(=O)(O)O. The fourth-order valence-electron chi connectivity index (χ4n) is 2.08. The predicted octanol–water partition coefficient (Wildman–Crippen LogP) is 3.28. The molecule has 0 aliphatic carbocycles. The van der Waals surface area contributed by atoms with Gasteiger partial charge in [-0.2, -0.15) is 8.42 Å². The van der Waals surface area contributed by atoms with Crippen molar-refractivity contribution in [2.75, 3.05) is 33.0 Å². The van der Waals surface area contributed by atoms with Crippen LogP contribution >= 0.6 is 0 Å². The first-order valence-electron chi connectivity index (χ1n) is 8.88. The van der Waals surface area contributed by atoms with E-state index in [-0.39, 0.29) is 6.61 Å². The minimum absolute atomic E-state index is 0.0957. The highest BCUT2D eigenvalue weighted by Crippen LogP contribution is 2.10. The van der Waals surface area contributed by atoms with Crippen molar-refractivity contribution in [2.45, 2.75) is 71.1 Å². The van der Waals surface area contributed by atoms with Gasteiger partial charge in [0.05, 0.1) is 26.4 Å². The summed E-state index contributed by atoms with van der Waals surface area (Å²) >= 11 is 0. The maximum Gasteiger partial charge on any atom is 0.394 e. The molecule has 0 heterocycles. The molecule has 8 heteroatoms. The van der Waals surface area contributed by atoms with Crippen LogP contribution < -0.4 is 0 Å². The minimum atomic E-state index is -4.67. The fourth-order valence-corrected chi connectivity index (χ4v) is 2.08. The Morgan fingerprint density at radius 2 is 1.04 bits per heavy atom. The molecule has 0 aromatic heterocycles. The van der Waals surface area contributed by atoms with Gasteiger partial charge in [0.2, 0.25) is 0 Å². The van der Waals surface area contributed by atoms with E-state index in [2.05, 4.69) is 6.92 Å². The van der Waals surface area contributed by atoms with E-state index in [1.807, 2.05) is 0 Å². The van der Waals surface area contributed by atoms with Crippen molar-refractivity contribution in [1.82, 2.24) is 0 Å². The molecule has 0 amide bonds. The lowest BCUT2D eigenvalue weighted by molar-refractivity contribution is 0.0321. The summed E-state index contributed by atoms with van der Waals surface area (Å²) in [6, 6.07) is 0. The summed E-state index contributed by atoms with van der Waals surface area (Å²) in [7, 11) is -4.67. The van der Waals surface area contributed by atoms with Crippen LogP contribution in [0.1, 0.15) is 71.1 Å². The van der Waals surface area contributed by atoms with Crippen molar-refractivity contribution >= 4 is 10.4 Å². The van der Waals surface area contributed by atoms with Crippen LogP contribution in [-0.4, -0.2) is 55.7 Å². The Kier molecular flexibility index (Phi) is 22.5. The molecule has 0 saturated heterocycles. The first-order chi connectivity index (χ1) is 11.4. The van der Waals surface area contributed by atoms with Crippen LogP contribution in [0, 0.1) is 0 Å². The molecule has 0 fully saturated rings. The highest BCUT2D eigenvalue weighted by molar-refractivity contribution is 7.79. The van der Waals surface area contributed by atoms with E-state index in [1.165, 1.54) is 57.8 Å². The molecule has 148 valence electrons. The van der Waals surface area contributed by atoms with Gasteiger partial charge in [-0.05, 0) is 6.42 Å². The third-order valence-electron chi connectivity index (χ3n) is 3.25. The standard InChI is InChI=1S/C16H34O3.H2O4S/c1-2-3-4-5-6-7-8-9-10-11-13-18-15-16-19-14-12-17;1-5(2,3)4/h17H,2-16H2,1H3;(H2,1,2,3,4). The average Bonchev–Trinajstić information content (AvgIpc) is 2.49. The van der Waals surface area contributed by atoms with Gasteiger partial charge in [0, 0.05) is 6.61 Å². The number of aliphatic hydroxyl groups is 1. The summed E-state index contributed by atoms with van der Waals surface area (Å²) in [6.45, 7) is 4.87. The molecule has 24 heavy (non-hydrogen) atoms. The highest BCUT2D eigenvalue weighted by atomic mass is 32.3. The van der Waals surface area contributed by atoms with E-state index in [1.54, 1.807) is 0 Å². The lowest BCUT2D eigenvalue weighted by atomic mass is 10.1. The van der Waals surface area contributed by atoms with Gasteiger partial charge in [-0.25, -0.2) is 0 Å². The Morgan fingerprint density at radius 3 is 1.46 bits per heavy atom. The molecule has 0 aliphatic rings. The molecular weight excluding hydrogens is 336 g/mol. The Hall–Kier alpha value is -0.250. The molecule has 0 bridgehead atoms. The molecule has 0 atom stereocenters. The lowest BCUT2D eigenvalue weighted by Gasteiger charge is -2.05. The van der Waals surface area contributed by atoms with E-state index in [0.717, 1.165) is 13.0 Å². The highest BCUT2D eigenvalue weighted by Gasteiger charge is 1.93. The third kappa shape index (κ3) is 37.8. The summed E-state index contributed by atoms with van der Waals surface area (Å²) in [5, 5.41) is 8.50. The minimum Gasteiger partial charge on any atom is -0.394 e. The Balaban J connectivity index is 0. The van der Waals surface area contributed by atoms with Gasteiger partial charge in [0.15, 0.2) is 0 Å². The van der Waals surface area contributed by atoms with E-state index in [4.69, 9.17) is 32.1 Å². The summed E-state index contributed by atoms with van der Waals surface area (Å²) in [6.07, 6.45) is 13.6. The number of rotatable bonds is 16. The molecule has 0 radical (unpaired) electrons. The zero-order valence-electron chi connectivity index (χ0n) is 15.0. The van der Waals surface area contributed by atoms with Crippen LogP contribution in [0.4, 0.5) is 0 Å². The number of unbranched alkanes of at least 4 members (excludes halogenated alkanes) is 9. The quantitative estimate of drug-likeness (QED) is 0.281. The summed E-state index contributed by atoms with van der Waals surface area (Å²) in [5.41, 5.74) is 0. The zero-order valence-corrected chi connectivity index (χ0v) is 15.8. The second kappa shape index (κ2) is 20.8. The van der Waals surface area contributed by atoms with Gasteiger partial charge < -0.3 is 14.6 Å². The Morgan fingerprint density at radius 1 is 0.667 bits per heavy atom. The fraction of sp³-hybridized carbons (Fsp3) is 1.00. The van der Waals surface area contributed by atoms with Crippen molar-refractivity contribution in [1.29, 1.82) is 0 Å². The van der Waals surface area contributed by atoms with Gasteiger partial charge in [-0.1, -0.05) is 64.7 Å². The molecular formula is C16H36O7S. The largest absolute Gasteiger partial charge is 0.394 e. The molecule has 0 spiro atoms. The van der Waals surface area contributed by atoms with Crippen LogP contribution in [-0.2, 0) is 19.9 Å². The molecule has 0 rings (SSSR count). The maximum absolute atomic E-state index is 8.74. The molecule has 0 unspecified atom stereocenters. The molecule has 7 nitrogen and oxygen atoms in total. The van der Waals surface area contributed by atoms with Crippen LogP contribution in [0.25, 0.3) is 0 Å². The van der Waals surface area contributed by atoms with E-state index in [0.29, 0.717) is 19.8 Å². The van der Waals surface area contributed by atoms with Gasteiger partial charge in [-0.3, -0.25) is 9.11 Å². The summed E-state index contributed by atoms with van der Waals surface area (Å²) < 4.78 is 42.1. The van der Waals surface area contributed by atoms with Gasteiger partial charge in [0.1, 0.15) is 0 Å². The number of hydrogen-bond donors (Lipinski definition) is 3. The van der Waals surface area contributed by atoms with Crippen molar-refractivity contribution in [2.24, 2.45) is 0 Å². The van der Waals surface area contributed by atoms with Crippen molar-refractivity contribution in [3.05, 3.63) is 0 Å². The molecule has 0 saturated carbocycles. The van der Waals surface area contributed by atoms with E-state index >= 15 is 0 Å². The second-order valence-electron chi connectivity index (χ2n) is 5.58. The van der Waals surface area contributed by atoms with Crippen molar-refractivity contribution in [3.63, 3.8) is 0 Å². The maximum atomic E-state index is 8.74. The monoisotopic (exact) mass is 372 g/mol. The normalized spacial score (nSPS) is 11.2. The van der Waals surface area contributed by atoms with E-state index < -0.39 is 10.4 Å². The summed E-state index contributed by atoms with van der Waals surface area (Å²) in [4.78, 5) is 0. The second-order valence-corrected chi connectivity index (χ2v) is 6.47. The predicted molar refractivity (Wildman–Crippen MR) is 94.7 cm³/mol. The molecule has 0 aromatic carbocycles. The Labute approximate surface area is 147 Å². The zero-order chi connectivity index (χ0) is 18.5. The van der Waals surface area contributed by atoms with Crippen molar-refractivity contribution in [3.8, 4) is 0 Å². The van der Waals surface area contributed by atoms with Crippen LogP contribution in [0.15, 0.2) is 0 Å². The average molecular weight is 373 g/mol. The van der Waals surface area contributed by atoms with Gasteiger partial charge >= 0.3 is 10.4 Å². The van der Waals surface area contributed by atoms with Crippen molar-refractivity contribution < 1.29 is 32.1 Å². The number of hydrogen-bond acceptors (Lipinski definition) is 5. The first-order valence-corrected chi connectivity index (χ1v) is 10.3. The molecule has 0 aromatic rings. The lowest BCUT2D eigenvalue weighted by Crippen LogP contribution is -2.07. The molecule has 3 N–H and O–H groups in total. The first kappa shape index (κ1) is 26.0. The van der Waals surface area contributed by atoms with Crippen LogP contribution in [0.3, 0.4) is 0 Å². The summed E-state index contributed by atoms with van der Waals surface area (Å²) in [5.74, 6) is 0. The smallest absolute Gasteiger partial charge is 0.394 e. The van der Waals surface area contributed by atoms with Gasteiger partial charge in [-0.15, -0.1) is 0 Å². The number of aliphatic hydroxyl groups excluding tert-OH is 1. The van der Waals surface area contributed by atoms with Crippen LogP contribution in [0.2, 0.25) is 0 Å².